The monoisotopic (exact) mass is 466 g/mol. The molecule has 1 aromatic carbocycles. The van der Waals surface area contributed by atoms with Crippen molar-refractivity contribution in [1.82, 2.24) is 20.0 Å². The average Bonchev–Trinajstić information content (AvgIpc) is 3.06. The molecule has 2 aromatic rings. The van der Waals surface area contributed by atoms with Crippen LogP contribution in [0.1, 0.15) is 24.4 Å². The summed E-state index contributed by atoms with van der Waals surface area (Å²) in [6.45, 7) is 7.51. The summed E-state index contributed by atoms with van der Waals surface area (Å²) in [5.74, 6) is -0.0684. The number of carbonyl (C=O) groups excluding carboxylic acids is 2. The summed E-state index contributed by atoms with van der Waals surface area (Å²) in [6, 6.07) is 6.24. The van der Waals surface area contributed by atoms with Crippen LogP contribution in [-0.2, 0) is 20.9 Å². The molecule has 1 aliphatic rings. The Hall–Kier alpha value is -2.04. The lowest BCUT2D eigenvalue weighted by Crippen LogP contribution is -2.41. The number of carbonyl (C=O) groups is 2. The van der Waals surface area contributed by atoms with Gasteiger partial charge in [-0.1, -0.05) is 49.1 Å². The molecule has 0 radical (unpaired) electrons. The van der Waals surface area contributed by atoms with Crippen LogP contribution in [0.15, 0.2) is 28.6 Å². The highest BCUT2D eigenvalue weighted by molar-refractivity contribution is 8.01. The molecule has 0 saturated carbocycles. The molecule has 0 aliphatic carbocycles. The number of aromatic nitrogens is 2. The van der Waals surface area contributed by atoms with Crippen LogP contribution < -0.4 is 0 Å². The molecule has 0 unspecified atom stereocenters. The Labute approximate surface area is 190 Å². The third-order valence-electron chi connectivity index (χ3n) is 4.67. The Morgan fingerprint density at radius 2 is 2.16 bits per heavy atom. The minimum Gasteiger partial charge on any atom is -0.370 e. The number of thioether (sulfide) groups is 1. The molecule has 1 fully saturated rings. The lowest BCUT2D eigenvalue weighted by Gasteiger charge is -2.26. The standard InChI is InChI=1S/C21H27FN4O3S2/c1-14(2)8-25-9-18(29-12-16-5-4-6-17(22)7-16)10-26(11-19(25)27)20(28)13-30-21-24-23-15(3)31-21/h4-7,14,18H,8-13H2,1-3H3/t18-/m0/s1. The quantitative estimate of drug-likeness (QED) is 0.557. The predicted molar refractivity (Wildman–Crippen MR) is 118 cm³/mol. The second-order valence-corrected chi connectivity index (χ2v) is 10.3. The maximum Gasteiger partial charge on any atom is 0.242 e. The van der Waals surface area contributed by atoms with E-state index < -0.39 is 0 Å². The fraction of sp³-hybridized carbons (Fsp3) is 0.524. The van der Waals surface area contributed by atoms with Gasteiger partial charge >= 0.3 is 0 Å². The van der Waals surface area contributed by atoms with Crippen LogP contribution in [-0.4, -0.2) is 69.8 Å². The molecule has 7 nitrogen and oxygen atoms in total. The van der Waals surface area contributed by atoms with E-state index in [-0.39, 0.29) is 42.6 Å². The maximum atomic E-state index is 13.5. The van der Waals surface area contributed by atoms with Crippen LogP contribution in [0.3, 0.4) is 0 Å². The first-order valence-corrected chi connectivity index (χ1v) is 11.9. The van der Waals surface area contributed by atoms with Crippen molar-refractivity contribution in [1.29, 1.82) is 0 Å². The van der Waals surface area contributed by atoms with Gasteiger partial charge in [-0.3, -0.25) is 9.59 Å². The number of rotatable bonds is 8. The number of aryl methyl sites for hydroxylation is 1. The number of benzene rings is 1. The minimum atomic E-state index is -0.355. The van der Waals surface area contributed by atoms with Gasteiger partial charge in [0.25, 0.3) is 0 Å². The second-order valence-electron chi connectivity index (χ2n) is 7.91. The van der Waals surface area contributed by atoms with Gasteiger partial charge in [-0.25, -0.2) is 4.39 Å². The van der Waals surface area contributed by atoms with Gasteiger partial charge < -0.3 is 14.5 Å². The zero-order valence-corrected chi connectivity index (χ0v) is 19.5. The van der Waals surface area contributed by atoms with Gasteiger partial charge in [0.2, 0.25) is 11.8 Å². The Bertz CT molecular complexity index is 908. The molecule has 0 N–H and O–H groups in total. The number of hydrogen-bond donors (Lipinski definition) is 0. The molecule has 31 heavy (non-hydrogen) atoms. The number of hydrogen-bond acceptors (Lipinski definition) is 7. The minimum absolute atomic E-state index is 0.0289. The fourth-order valence-electron chi connectivity index (χ4n) is 3.28. The van der Waals surface area contributed by atoms with Crippen molar-refractivity contribution in [2.24, 2.45) is 5.92 Å². The first kappa shape index (κ1) is 23.6. The van der Waals surface area contributed by atoms with Gasteiger partial charge in [-0.15, -0.1) is 10.2 Å². The van der Waals surface area contributed by atoms with Crippen molar-refractivity contribution in [3.63, 3.8) is 0 Å². The highest BCUT2D eigenvalue weighted by Crippen LogP contribution is 2.22. The van der Waals surface area contributed by atoms with Crippen molar-refractivity contribution in [3.05, 3.63) is 40.7 Å². The molecule has 1 saturated heterocycles. The molecule has 2 amide bonds. The zero-order valence-electron chi connectivity index (χ0n) is 17.9. The second kappa shape index (κ2) is 11.0. The maximum absolute atomic E-state index is 13.5. The molecule has 0 bridgehead atoms. The molecule has 168 valence electrons. The number of nitrogens with zero attached hydrogens (tertiary/aromatic N) is 4. The fourth-order valence-corrected chi connectivity index (χ4v) is 5.00. The van der Waals surface area contributed by atoms with Gasteiger partial charge in [0.1, 0.15) is 10.8 Å². The Morgan fingerprint density at radius 3 is 2.84 bits per heavy atom. The van der Waals surface area contributed by atoms with Crippen LogP contribution in [0.5, 0.6) is 0 Å². The summed E-state index contributed by atoms with van der Waals surface area (Å²) < 4.78 is 20.2. The van der Waals surface area contributed by atoms with Gasteiger partial charge in [-0.2, -0.15) is 0 Å². The van der Waals surface area contributed by atoms with E-state index in [1.807, 2.05) is 20.8 Å². The Kier molecular flexibility index (Phi) is 8.39. The van der Waals surface area contributed by atoms with E-state index in [1.54, 1.807) is 21.9 Å². The summed E-state index contributed by atoms with van der Waals surface area (Å²) in [5, 5.41) is 8.83. The molecule has 10 heteroatoms. The predicted octanol–water partition coefficient (Wildman–Crippen LogP) is 2.99. The third-order valence-corrected chi connectivity index (χ3v) is 6.62. The Balaban J connectivity index is 1.66. The van der Waals surface area contributed by atoms with Crippen molar-refractivity contribution in [2.75, 3.05) is 31.9 Å². The van der Waals surface area contributed by atoms with E-state index in [0.29, 0.717) is 31.1 Å². The lowest BCUT2D eigenvalue weighted by molar-refractivity contribution is -0.137. The molecular weight excluding hydrogens is 439 g/mol. The number of halogens is 1. The van der Waals surface area contributed by atoms with Crippen LogP contribution in [0, 0.1) is 18.7 Å². The zero-order chi connectivity index (χ0) is 22.4. The van der Waals surface area contributed by atoms with E-state index in [9.17, 15) is 14.0 Å². The smallest absolute Gasteiger partial charge is 0.242 e. The van der Waals surface area contributed by atoms with Gasteiger partial charge in [-0.05, 0) is 30.5 Å². The van der Waals surface area contributed by atoms with Crippen LogP contribution in [0.25, 0.3) is 0 Å². The average molecular weight is 467 g/mol. The molecule has 1 aliphatic heterocycles. The first-order chi connectivity index (χ1) is 14.8. The SMILES string of the molecule is Cc1nnc(SCC(=O)N2CC(=O)N(CC(C)C)C[C@H](OCc3cccc(F)c3)C2)s1. The summed E-state index contributed by atoms with van der Waals surface area (Å²) in [4.78, 5) is 29.0. The van der Waals surface area contributed by atoms with Gasteiger partial charge in [0.15, 0.2) is 4.34 Å². The van der Waals surface area contributed by atoms with E-state index in [1.165, 1.54) is 35.2 Å². The molecule has 1 aromatic heterocycles. The first-order valence-electron chi connectivity index (χ1n) is 10.1. The highest BCUT2D eigenvalue weighted by atomic mass is 32.2. The van der Waals surface area contributed by atoms with Gasteiger partial charge in [0.05, 0.1) is 25.0 Å². The summed E-state index contributed by atoms with van der Waals surface area (Å²) in [5.41, 5.74) is 0.714. The van der Waals surface area contributed by atoms with E-state index >= 15 is 0 Å². The molecular formula is C21H27FN4O3S2. The van der Waals surface area contributed by atoms with Crippen molar-refractivity contribution in [3.8, 4) is 0 Å². The molecule has 2 heterocycles. The topological polar surface area (TPSA) is 75.6 Å². The number of ether oxygens (including phenoxy) is 1. The van der Waals surface area contributed by atoms with E-state index in [2.05, 4.69) is 10.2 Å². The van der Waals surface area contributed by atoms with Crippen molar-refractivity contribution < 1.29 is 18.7 Å². The number of amides is 2. The summed E-state index contributed by atoms with van der Waals surface area (Å²) >= 11 is 2.76. The molecule has 0 spiro atoms. The van der Waals surface area contributed by atoms with Crippen LogP contribution in [0.2, 0.25) is 0 Å². The van der Waals surface area contributed by atoms with Gasteiger partial charge in [0, 0.05) is 19.6 Å². The van der Waals surface area contributed by atoms with E-state index in [4.69, 9.17) is 4.74 Å². The summed E-state index contributed by atoms with van der Waals surface area (Å²) in [7, 11) is 0. The summed E-state index contributed by atoms with van der Waals surface area (Å²) in [6.07, 6.45) is -0.355. The third kappa shape index (κ3) is 7.26. The normalized spacial score (nSPS) is 17.3. The Morgan fingerprint density at radius 1 is 1.35 bits per heavy atom. The van der Waals surface area contributed by atoms with Crippen LogP contribution >= 0.6 is 23.1 Å². The molecule has 1 atom stereocenters. The largest absolute Gasteiger partial charge is 0.370 e. The van der Waals surface area contributed by atoms with E-state index in [0.717, 1.165) is 9.35 Å². The van der Waals surface area contributed by atoms with Crippen LogP contribution in [0.4, 0.5) is 4.39 Å². The van der Waals surface area contributed by atoms with Crippen molar-refractivity contribution in [2.45, 2.75) is 37.8 Å². The molecule has 3 rings (SSSR count). The van der Waals surface area contributed by atoms with Crippen molar-refractivity contribution >= 4 is 34.9 Å². The highest BCUT2D eigenvalue weighted by Gasteiger charge is 2.31. The lowest BCUT2D eigenvalue weighted by atomic mass is 10.2.